The average molecular weight is 335 g/mol. The van der Waals surface area contributed by atoms with Crippen LogP contribution in [0.1, 0.15) is 55.7 Å². The first-order valence-corrected chi connectivity index (χ1v) is 8.78. The number of anilines is 1. The number of aryl methyl sites for hydroxylation is 1. The number of carbonyl (C=O) groups is 1. The van der Waals surface area contributed by atoms with Gasteiger partial charge in [0.25, 0.3) is 0 Å². The van der Waals surface area contributed by atoms with Crippen molar-refractivity contribution in [3.8, 4) is 0 Å². The van der Waals surface area contributed by atoms with Crippen LogP contribution in [-0.4, -0.2) is 31.0 Å². The Balaban J connectivity index is 1.51. The van der Waals surface area contributed by atoms with E-state index in [1.165, 1.54) is 11.3 Å². The summed E-state index contributed by atoms with van der Waals surface area (Å²) in [5.41, 5.74) is 0. The molecule has 8 nitrogen and oxygen atoms in total. The Labute approximate surface area is 138 Å². The van der Waals surface area contributed by atoms with E-state index in [1.54, 1.807) is 0 Å². The first-order valence-electron chi connectivity index (χ1n) is 7.96. The molecule has 9 heteroatoms. The van der Waals surface area contributed by atoms with Gasteiger partial charge in [0.15, 0.2) is 5.82 Å². The predicted octanol–water partition coefficient (Wildman–Crippen LogP) is 2.30. The number of hydrogen-bond acceptors (Lipinski definition) is 6. The summed E-state index contributed by atoms with van der Waals surface area (Å²) in [5, 5.41) is 23.4. The van der Waals surface area contributed by atoms with Crippen LogP contribution in [0, 0.1) is 0 Å². The molecular formula is C14H21N7OS. The van der Waals surface area contributed by atoms with Gasteiger partial charge in [-0.15, -0.1) is 20.4 Å². The molecular weight excluding hydrogens is 314 g/mol. The van der Waals surface area contributed by atoms with Crippen molar-refractivity contribution in [3.63, 3.8) is 0 Å². The topological polar surface area (TPSA) is 97.6 Å². The molecule has 0 fully saturated rings. The second-order valence-electron chi connectivity index (χ2n) is 5.73. The third-order valence-corrected chi connectivity index (χ3v) is 4.97. The smallest absolute Gasteiger partial charge is 0.321 e. The van der Waals surface area contributed by atoms with E-state index in [2.05, 4.69) is 49.4 Å². The van der Waals surface area contributed by atoms with Crippen molar-refractivity contribution in [2.45, 2.75) is 58.5 Å². The molecule has 2 N–H and O–H groups in total. The largest absolute Gasteiger partial charge is 0.331 e. The molecule has 1 unspecified atom stereocenters. The van der Waals surface area contributed by atoms with E-state index in [0.717, 1.165) is 48.9 Å². The highest BCUT2D eigenvalue weighted by Crippen LogP contribution is 2.26. The van der Waals surface area contributed by atoms with Crippen molar-refractivity contribution in [1.29, 1.82) is 0 Å². The Bertz CT molecular complexity index is 680. The van der Waals surface area contributed by atoms with Crippen LogP contribution >= 0.6 is 11.3 Å². The molecule has 124 valence electrons. The Morgan fingerprint density at radius 2 is 2.22 bits per heavy atom. The second-order valence-corrected chi connectivity index (χ2v) is 6.74. The van der Waals surface area contributed by atoms with Crippen LogP contribution in [0.15, 0.2) is 0 Å². The van der Waals surface area contributed by atoms with Crippen molar-refractivity contribution in [1.82, 2.24) is 30.3 Å². The first kappa shape index (κ1) is 15.9. The highest BCUT2D eigenvalue weighted by molar-refractivity contribution is 7.15. The van der Waals surface area contributed by atoms with Crippen LogP contribution in [0.4, 0.5) is 9.93 Å². The van der Waals surface area contributed by atoms with E-state index in [4.69, 9.17) is 0 Å². The minimum absolute atomic E-state index is 0.300. The molecule has 1 aliphatic heterocycles. The SMILES string of the molecule is CCCC(C)c1nnc(NC(=O)NCc2nnc3n2CCC3)s1. The lowest BCUT2D eigenvalue weighted by Crippen LogP contribution is -2.29. The Kier molecular flexibility index (Phi) is 4.85. The lowest BCUT2D eigenvalue weighted by Gasteiger charge is -2.05. The summed E-state index contributed by atoms with van der Waals surface area (Å²) in [7, 11) is 0. The van der Waals surface area contributed by atoms with Crippen molar-refractivity contribution in [2.24, 2.45) is 0 Å². The van der Waals surface area contributed by atoms with E-state index in [0.29, 0.717) is 17.6 Å². The summed E-state index contributed by atoms with van der Waals surface area (Å²) in [4.78, 5) is 12.0. The third kappa shape index (κ3) is 3.66. The van der Waals surface area contributed by atoms with Crippen LogP contribution in [-0.2, 0) is 19.5 Å². The molecule has 2 aromatic heterocycles. The molecule has 2 aromatic rings. The summed E-state index contributed by atoms with van der Waals surface area (Å²) in [6.45, 7) is 5.55. The first-order chi connectivity index (χ1) is 11.2. The van der Waals surface area contributed by atoms with Gasteiger partial charge in [-0.3, -0.25) is 5.32 Å². The lowest BCUT2D eigenvalue weighted by atomic mass is 10.1. The number of rotatable bonds is 6. The monoisotopic (exact) mass is 335 g/mol. The number of carbonyl (C=O) groups excluding carboxylic acids is 1. The zero-order valence-corrected chi connectivity index (χ0v) is 14.2. The number of hydrogen-bond donors (Lipinski definition) is 2. The summed E-state index contributed by atoms with van der Waals surface area (Å²) in [6, 6.07) is -0.300. The number of nitrogens with one attached hydrogen (secondary N) is 2. The van der Waals surface area contributed by atoms with E-state index in [1.807, 2.05) is 0 Å². The second kappa shape index (κ2) is 7.03. The Morgan fingerprint density at radius 3 is 3.04 bits per heavy atom. The van der Waals surface area contributed by atoms with Gasteiger partial charge in [0.05, 0.1) is 6.54 Å². The van der Waals surface area contributed by atoms with Gasteiger partial charge in [0.2, 0.25) is 5.13 Å². The summed E-state index contributed by atoms with van der Waals surface area (Å²) in [5.74, 6) is 2.16. The van der Waals surface area contributed by atoms with Crippen LogP contribution in [0.5, 0.6) is 0 Å². The molecule has 0 aromatic carbocycles. The number of nitrogens with zero attached hydrogens (tertiary/aromatic N) is 5. The molecule has 2 amide bonds. The quantitative estimate of drug-likeness (QED) is 0.844. The highest BCUT2D eigenvalue weighted by atomic mass is 32.1. The summed E-state index contributed by atoms with van der Waals surface area (Å²) < 4.78 is 2.07. The molecule has 0 saturated heterocycles. The van der Waals surface area contributed by atoms with Crippen LogP contribution in [0.2, 0.25) is 0 Å². The van der Waals surface area contributed by atoms with Gasteiger partial charge < -0.3 is 9.88 Å². The van der Waals surface area contributed by atoms with Crippen molar-refractivity contribution in [3.05, 3.63) is 16.7 Å². The number of urea groups is 1. The zero-order valence-electron chi connectivity index (χ0n) is 13.4. The van der Waals surface area contributed by atoms with E-state index in [-0.39, 0.29) is 6.03 Å². The number of amides is 2. The molecule has 3 rings (SSSR count). The van der Waals surface area contributed by atoms with Gasteiger partial charge in [-0.1, -0.05) is 31.6 Å². The van der Waals surface area contributed by atoms with Crippen LogP contribution in [0.3, 0.4) is 0 Å². The number of fused-ring (bicyclic) bond motifs is 1. The molecule has 0 aliphatic carbocycles. The maximum absolute atomic E-state index is 12.0. The summed E-state index contributed by atoms with van der Waals surface area (Å²) >= 11 is 1.43. The standard InChI is InChI=1S/C14H21N7OS/c1-3-5-9(2)12-19-20-14(23-12)16-13(22)15-8-11-18-17-10-6-4-7-21(10)11/h9H,3-8H2,1-2H3,(H2,15,16,20,22). The van der Waals surface area contributed by atoms with Gasteiger partial charge in [-0.25, -0.2) is 4.79 Å². The Morgan fingerprint density at radius 1 is 1.35 bits per heavy atom. The van der Waals surface area contributed by atoms with E-state index < -0.39 is 0 Å². The maximum atomic E-state index is 12.0. The van der Waals surface area contributed by atoms with Gasteiger partial charge >= 0.3 is 6.03 Å². The van der Waals surface area contributed by atoms with Crippen molar-refractivity contribution < 1.29 is 4.79 Å². The number of aromatic nitrogens is 5. The molecule has 23 heavy (non-hydrogen) atoms. The minimum Gasteiger partial charge on any atom is -0.331 e. The van der Waals surface area contributed by atoms with Gasteiger partial charge in [-0.2, -0.15) is 0 Å². The fourth-order valence-electron chi connectivity index (χ4n) is 2.68. The summed E-state index contributed by atoms with van der Waals surface area (Å²) in [6.07, 6.45) is 4.22. The van der Waals surface area contributed by atoms with Crippen molar-refractivity contribution in [2.75, 3.05) is 5.32 Å². The molecule has 3 heterocycles. The maximum Gasteiger partial charge on any atom is 0.321 e. The molecule has 0 radical (unpaired) electrons. The fraction of sp³-hybridized carbons (Fsp3) is 0.643. The van der Waals surface area contributed by atoms with Gasteiger partial charge in [0.1, 0.15) is 10.8 Å². The minimum atomic E-state index is -0.300. The molecule has 0 bridgehead atoms. The average Bonchev–Trinajstić information content (AvgIpc) is 3.22. The fourth-order valence-corrected chi connectivity index (χ4v) is 3.51. The zero-order chi connectivity index (χ0) is 16.2. The van der Waals surface area contributed by atoms with E-state index >= 15 is 0 Å². The third-order valence-electron chi connectivity index (χ3n) is 3.90. The van der Waals surface area contributed by atoms with Crippen LogP contribution < -0.4 is 10.6 Å². The van der Waals surface area contributed by atoms with E-state index in [9.17, 15) is 4.79 Å². The lowest BCUT2D eigenvalue weighted by molar-refractivity contribution is 0.251. The van der Waals surface area contributed by atoms with Crippen LogP contribution in [0.25, 0.3) is 0 Å². The molecule has 0 saturated carbocycles. The molecule has 0 spiro atoms. The van der Waals surface area contributed by atoms with Gasteiger partial charge in [-0.05, 0) is 12.8 Å². The predicted molar refractivity (Wildman–Crippen MR) is 87.4 cm³/mol. The molecule has 1 atom stereocenters. The van der Waals surface area contributed by atoms with Gasteiger partial charge in [0, 0.05) is 18.9 Å². The Hall–Kier alpha value is -2.03. The molecule has 1 aliphatic rings. The normalized spacial score (nSPS) is 14.5. The highest BCUT2D eigenvalue weighted by Gasteiger charge is 2.18. The van der Waals surface area contributed by atoms with Crippen molar-refractivity contribution >= 4 is 22.5 Å².